The highest BCUT2D eigenvalue weighted by Gasteiger charge is 2.82. The Balaban J connectivity index is 1.34. The lowest BCUT2D eigenvalue weighted by molar-refractivity contribution is -0.242. The zero-order valence-corrected chi connectivity index (χ0v) is 35.4. The fraction of sp³-hybridized carbons (Fsp3) is 0.609. The molecule has 4 fully saturated rings. The van der Waals surface area contributed by atoms with E-state index < -0.39 is 75.6 Å². The topological polar surface area (TPSA) is 171 Å². The van der Waals surface area contributed by atoms with Gasteiger partial charge in [-0.3, -0.25) is 24.2 Å². The molecule has 9 rings (SSSR count). The number of piperidine rings is 1. The van der Waals surface area contributed by atoms with Crippen molar-refractivity contribution in [3.63, 3.8) is 0 Å². The first kappa shape index (κ1) is 41.0. The van der Waals surface area contributed by atoms with Crippen molar-refractivity contribution in [2.75, 3.05) is 54.1 Å². The number of aromatic nitrogens is 1. The minimum absolute atomic E-state index is 0.121. The van der Waals surface area contributed by atoms with Gasteiger partial charge in [-0.25, -0.2) is 4.79 Å². The number of ether oxygens (including phenoxy) is 4. The summed E-state index contributed by atoms with van der Waals surface area (Å²) in [4.78, 5) is 66.3. The van der Waals surface area contributed by atoms with E-state index in [-0.39, 0.29) is 5.92 Å². The number of amides is 1. The number of aromatic amines is 1. The molecule has 1 amide bonds. The van der Waals surface area contributed by atoms with Gasteiger partial charge in [0.2, 0.25) is 12.0 Å². The van der Waals surface area contributed by atoms with Gasteiger partial charge in [-0.2, -0.15) is 0 Å². The predicted octanol–water partition coefficient (Wildman–Crippen LogP) is 3.16. The number of benzene rings is 1. The molecule has 6 heterocycles. The van der Waals surface area contributed by atoms with Crippen molar-refractivity contribution in [3.8, 4) is 0 Å². The van der Waals surface area contributed by atoms with Gasteiger partial charge in [-0.1, -0.05) is 50.3 Å². The molecule has 7 aliphatic rings. The van der Waals surface area contributed by atoms with Crippen LogP contribution < -0.4 is 0 Å². The molecule has 14 nitrogen and oxygen atoms in total. The molecule has 5 aliphatic heterocycles. The third kappa shape index (κ3) is 5.29. The molecule has 3 saturated heterocycles. The molecule has 1 aromatic carbocycles. The van der Waals surface area contributed by atoms with Crippen LogP contribution in [0.1, 0.15) is 64.1 Å². The van der Waals surface area contributed by atoms with E-state index >= 15 is 4.79 Å². The fourth-order valence-electron chi connectivity index (χ4n) is 13.8. The molecule has 322 valence electrons. The summed E-state index contributed by atoms with van der Waals surface area (Å²) < 4.78 is 23.9. The third-order valence-electron chi connectivity index (χ3n) is 15.9. The van der Waals surface area contributed by atoms with E-state index in [2.05, 4.69) is 26.9 Å². The van der Waals surface area contributed by atoms with Gasteiger partial charge in [0.15, 0.2) is 6.10 Å². The lowest BCUT2D eigenvalue weighted by Gasteiger charge is -2.63. The van der Waals surface area contributed by atoms with Gasteiger partial charge in [0.25, 0.3) is 0 Å². The van der Waals surface area contributed by atoms with Crippen LogP contribution in [0.25, 0.3) is 10.9 Å². The second kappa shape index (κ2) is 14.4. The summed E-state index contributed by atoms with van der Waals surface area (Å²) in [6, 6.07) is 6.37. The second-order valence-corrected chi connectivity index (χ2v) is 18.5. The van der Waals surface area contributed by atoms with Gasteiger partial charge in [0.1, 0.15) is 5.41 Å². The number of hydrogen-bond donors (Lipinski definition) is 3. The van der Waals surface area contributed by atoms with Crippen molar-refractivity contribution < 1.29 is 48.3 Å². The lowest BCUT2D eigenvalue weighted by atomic mass is 9.47. The molecule has 2 aliphatic carbocycles. The Kier molecular flexibility index (Phi) is 9.83. The number of methoxy groups -OCH3 is 3. The molecule has 1 spiro atoms. The van der Waals surface area contributed by atoms with Gasteiger partial charge < -0.3 is 39.0 Å². The highest BCUT2D eigenvalue weighted by atomic mass is 16.6. The number of esters is 3. The minimum Gasteiger partial charge on any atom is -0.468 e. The van der Waals surface area contributed by atoms with Crippen molar-refractivity contribution >= 4 is 35.2 Å². The molecule has 1 saturated carbocycles. The molecule has 60 heavy (non-hydrogen) atoms. The summed E-state index contributed by atoms with van der Waals surface area (Å²) in [6.07, 6.45) is 9.19. The Morgan fingerprint density at radius 2 is 1.75 bits per heavy atom. The highest BCUT2D eigenvalue weighted by molar-refractivity contribution is 5.92. The van der Waals surface area contributed by atoms with Crippen molar-refractivity contribution in [1.29, 1.82) is 0 Å². The van der Waals surface area contributed by atoms with Crippen LogP contribution in [0, 0.1) is 22.7 Å². The number of likely N-dealkylation sites (tertiary alicyclic amines) is 1. The number of H-pyrrole nitrogens is 1. The monoisotopic (exact) mass is 826 g/mol. The van der Waals surface area contributed by atoms with Crippen molar-refractivity contribution in [2.24, 2.45) is 22.7 Å². The number of nitrogens with zero attached hydrogens (tertiary/aromatic N) is 3. The van der Waals surface area contributed by atoms with Crippen LogP contribution in [0.5, 0.6) is 0 Å². The van der Waals surface area contributed by atoms with Gasteiger partial charge in [0.05, 0.1) is 32.0 Å². The van der Waals surface area contributed by atoms with E-state index in [1.807, 2.05) is 50.3 Å². The molecule has 2 aromatic rings. The van der Waals surface area contributed by atoms with E-state index in [0.29, 0.717) is 83.4 Å². The van der Waals surface area contributed by atoms with E-state index in [0.717, 1.165) is 27.7 Å². The van der Waals surface area contributed by atoms with Crippen molar-refractivity contribution in [1.82, 2.24) is 19.7 Å². The van der Waals surface area contributed by atoms with Crippen LogP contribution in [0.15, 0.2) is 59.8 Å². The summed E-state index contributed by atoms with van der Waals surface area (Å²) in [5.41, 5.74) is -3.23. The number of carbonyl (C=O) groups is 4. The quantitative estimate of drug-likeness (QED) is 0.154. The standard InChI is InChI=1S/C46H58N4O10/c1-7-42(55)22-28-23-45(40(53)58-5,36-30(14-18-48(24-28)25-42)29-12-9-10-13-33(29)47-36)32-20-31-34(21-35(32)57-4)50(26-51)38-44(31)16-19-49-17-11-15-43(8-2,37(44)49)39(60-27(3)52)46(38,56)41(54)59-6/h9-13,15,20-21,26,28,32,35,37-39,47,55-56H,7-8,14,16-19,22-25H2,1-6H3/t28-,32?,35?,37?,38?,39-,42+,43-,44-,45+,46+/m1/s1. The van der Waals surface area contributed by atoms with E-state index in [1.165, 1.54) is 26.0 Å². The third-order valence-corrected chi connectivity index (χ3v) is 15.9. The Hall–Kier alpha value is -4.34. The summed E-state index contributed by atoms with van der Waals surface area (Å²) >= 11 is 0. The fourth-order valence-corrected chi connectivity index (χ4v) is 13.8. The van der Waals surface area contributed by atoms with Crippen LogP contribution in [0.3, 0.4) is 0 Å². The van der Waals surface area contributed by atoms with Gasteiger partial charge in [-0.15, -0.1) is 0 Å². The molecule has 14 heteroatoms. The van der Waals surface area contributed by atoms with Gasteiger partial charge in [0, 0.05) is 85.3 Å². The molecule has 1 aromatic heterocycles. The number of carbonyl (C=O) groups excluding carboxylic acids is 4. The van der Waals surface area contributed by atoms with E-state index in [1.54, 1.807) is 7.11 Å². The summed E-state index contributed by atoms with van der Waals surface area (Å²) in [6.45, 7) is 8.27. The number of rotatable bonds is 8. The Morgan fingerprint density at radius 1 is 0.983 bits per heavy atom. The Bertz CT molecular complexity index is 2220. The summed E-state index contributed by atoms with van der Waals surface area (Å²) in [5.74, 6) is -2.99. The summed E-state index contributed by atoms with van der Waals surface area (Å²) in [7, 11) is 4.18. The number of aliphatic hydroxyl groups is 2. The number of allylic oxidation sites excluding steroid dienone is 1. The van der Waals surface area contributed by atoms with Crippen LogP contribution in [0.2, 0.25) is 0 Å². The average molecular weight is 827 g/mol. The molecule has 12 atom stereocenters. The van der Waals surface area contributed by atoms with Crippen molar-refractivity contribution in [2.45, 2.75) is 100 Å². The molecular weight excluding hydrogens is 769 g/mol. The normalized spacial score (nSPS) is 40.4. The second-order valence-electron chi connectivity index (χ2n) is 18.5. The SMILES string of the molecule is CC[C@]1(O)C[C@H]2CN(CCc3c([nH]c4ccccc34)[C@@](C(=O)OC)(C3C=C4C(=CC3OC)N(C=O)C3[C@]45CCN4CC=C[C@](CC)(C45)[C@@H](OC(C)=O)[C@]3(O)C(=O)OC)C2)C1. The van der Waals surface area contributed by atoms with E-state index in [4.69, 9.17) is 18.9 Å². The smallest absolute Gasteiger partial charge is 0.344 e. The zero-order chi connectivity index (χ0) is 42.6. The van der Waals surface area contributed by atoms with Crippen molar-refractivity contribution in [3.05, 3.63) is 71.1 Å². The van der Waals surface area contributed by atoms with Gasteiger partial charge in [-0.05, 0) is 74.3 Å². The lowest BCUT2D eigenvalue weighted by Crippen LogP contribution is -2.80. The number of fused-ring (bicyclic) bond motifs is 6. The summed E-state index contributed by atoms with van der Waals surface area (Å²) in [5, 5.41) is 26.3. The number of nitrogens with one attached hydrogen (secondary N) is 1. The van der Waals surface area contributed by atoms with Gasteiger partial charge >= 0.3 is 17.9 Å². The maximum atomic E-state index is 15.4. The maximum absolute atomic E-state index is 15.4. The largest absolute Gasteiger partial charge is 0.468 e. The van der Waals surface area contributed by atoms with Crippen LogP contribution in [-0.2, 0) is 50.0 Å². The first-order valence-electron chi connectivity index (χ1n) is 21.5. The van der Waals surface area contributed by atoms with Crippen LogP contribution >= 0.6 is 0 Å². The first-order valence-corrected chi connectivity index (χ1v) is 21.5. The number of para-hydroxylation sites is 1. The maximum Gasteiger partial charge on any atom is 0.344 e. The first-order chi connectivity index (χ1) is 28.8. The predicted molar refractivity (Wildman–Crippen MR) is 219 cm³/mol. The molecule has 2 bridgehead atoms. The molecule has 3 N–H and O–H groups in total. The van der Waals surface area contributed by atoms with Crippen LogP contribution in [0.4, 0.5) is 0 Å². The number of hydrogen-bond acceptors (Lipinski definition) is 12. The highest BCUT2D eigenvalue weighted by Crippen LogP contribution is 2.70. The molecule has 5 unspecified atom stereocenters. The van der Waals surface area contributed by atoms with E-state index in [9.17, 15) is 24.6 Å². The Labute approximate surface area is 350 Å². The average Bonchev–Trinajstić information content (AvgIpc) is 3.92. The minimum atomic E-state index is -2.51. The van der Waals surface area contributed by atoms with Crippen LogP contribution in [-0.4, -0.2) is 144 Å². The molecular formula is C46H58N4O10. The molecule has 0 radical (unpaired) electrons. The Morgan fingerprint density at radius 3 is 2.43 bits per heavy atom. The zero-order valence-electron chi connectivity index (χ0n) is 35.4.